The van der Waals surface area contributed by atoms with Gasteiger partial charge in [-0.3, -0.25) is 4.79 Å². The van der Waals surface area contributed by atoms with Crippen LogP contribution in [0.25, 0.3) is 0 Å². The van der Waals surface area contributed by atoms with E-state index in [4.69, 9.17) is 4.74 Å². The highest BCUT2D eigenvalue weighted by atomic mass is 79.9. The Bertz CT molecular complexity index is 647. The topological polar surface area (TPSA) is 41.6 Å². The number of thiophene rings is 1. The number of anilines is 2. The molecule has 116 valence electrons. The lowest BCUT2D eigenvalue weighted by atomic mass is 10.2. The van der Waals surface area contributed by atoms with Crippen LogP contribution in [0.1, 0.15) is 9.67 Å². The molecule has 1 amide bonds. The van der Waals surface area contributed by atoms with E-state index in [0.29, 0.717) is 4.88 Å². The van der Waals surface area contributed by atoms with Crippen molar-refractivity contribution in [1.29, 1.82) is 0 Å². The van der Waals surface area contributed by atoms with Crippen molar-refractivity contribution in [3.05, 3.63) is 43.5 Å². The van der Waals surface area contributed by atoms with Gasteiger partial charge in [-0.1, -0.05) is 0 Å². The van der Waals surface area contributed by atoms with Gasteiger partial charge in [0.15, 0.2) is 0 Å². The van der Waals surface area contributed by atoms with Gasteiger partial charge in [0.1, 0.15) is 0 Å². The molecule has 0 aliphatic carbocycles. The third-order valence-corrected chi connectivity index (χ3v) is 6.63. The van der Waals surface area contributed by atoms with Crippen LogP contribution in [0.15, 0.2) is 38.6 Å². The fraction of sp³-hybridized carbons (Fsp3) is 0.267. The van der Waals surface area contributed by atoms with Crippen molar-refractivity contribution in [3.8, 4) is 0 Å². The molecule has 1 N–H and O–H groups in total. The lowest BCUT2D eigenvalue weighted by molar-refractivity contribution is 0.103. The van der Waals surface area contributed by atoms with Crippen LogP contribution < -0.4 is 10.2 Å². The molecule has 2 aromatic rings. The monoisotopic (exact) mass is 444 g/mol. The lowest BCUT2D eigenvalue weighted by Crippen LogP contribution is -2.36. The lowest BCUT2D eigenvalue weighted by Gasteiger charge is -2.28. The fourth-order valence-corrected chi connectivity index (χ4v) is 4.16. The number of benzene rings is 1. The quantitative estimate of drug-likeness (QED) is 0.762. The minimum Gasteiger partial charge on any atom is -0.378 e. The van der Waals surface area contributed by atoms with E-state index >= 15 is 0 Å². The number of ether oxygens (including phenoxy) is 1. The molecular weight excluding hydrogens is 432 g/mol. The standard InChI is InChI=1S/C15H14Br2N2O2S/c16-12-9-13(22-14(12)17)15(20)18-10-1-3-11(4-2-10)19-5-7-21-8-6-19/h1-4,9H,5-8H2,(H,18,20). The zero-order valence-electron chi connectivity index (χ0n) is 11.6. The van der Waals surface area contributed by atoms with E-state index in [1.165, 1.54) is 11.3 Å². The third kappa shape index (κ3) is 3.71. The predicted molar refractivity (Wildman–Crippen MR) is 97.1 cm³/mol. The molecule has 0 unspecified atom stereocenters. The molecule has 0 saturated carbocycles. The van der Waals surface area contributed by atoms with Crippen molar-refractivity contribution in [3.63, 3.8) is 0 Å². The molecule has 7 heteroatoms. The zero-order chi connectivity index (χ0) is 15.5. The van der Waals surface area contributed by atoms with Gasteiger partial charge in [0.2, 0.25) is 0 Å². The predicted octanol–water partition coefficient (Wildman–Crippen LogP) is 4.36. The molecule has 1 fully saturated rings. The summed E-state index contributed by atoms with van der Waals surface area (Å²) in [5.74, 6) is -0.101. The number of hydrogen-bond donors (Lipinski definition) is 1. The maximum atomic E-state index is 12.2. The summed E-state index contributed by atoms with van der Waals surface area (Å²) < 4.78 is 7.16. The summed E-state index contributed by atoms with van der Waals surface area (Å²) in [7, 11) is 0. The Kier molecular flexibility index (Phi) is 5.18. The average Bonchev–Trinajstić information content (AvgIpc) is 2.88. The molecule has 0 bridgehead atoms. The van der Waals surface area contributed by atoms with Crippen LogP contribution in [0.3, 0.4) is 0 Å². The number of rotatable bonds is 3. The highest BCUT2D eigenvalue weighted by molar-refractivity contribution is 9.13. The minimum atomic E-state index is -0.101. The largest absolute Gasteiger partial charge is 0.378 e. The minimum absolute atomic E-state index is 0.101. The van der Waals surface area contributed by atoms with Crippen molar-refractivity contribution in [1.82, 2.24) is 0 Å². The summed E-state index contributed by atoms with van der Waals surface area (Å²) in [6, 6.07) is 9.73. The second-order valence-electron chi connectivity index (χ2n) is 4.83. The van der Waals surface area contributed by atoms with Crippen LogP contribution in [-0.2, 0) is 4.74 Å². The van der Waals surface area contributed by atoms with Crippen molar-refractivity contribution in [2.45, 2.75) is 0 Å². The van der Waals surface area contributed by atoms with E-state index in [1.54, 1.807) is 0 Å². The molecule has 22 heavy (non-hydrogen) atoms. The molecule has 1 aliphatic heterocycles. The highest BCUT2D eigenvalue weighted by Crippen LogP contribution is 2.32. The van der Waals surface area contributed by atoms with Gasteiger partial charge in [-0.15, -0.1) is 11.3 Å². The molecule has 3 rings (SSSR count). The molecule has 1 aromatic carbocycles. The van der Waals surface area contributed by atoms with E-state index in [9.17, 15) is 4.79 Å². The molecule has 4 nitrogen and oxygen atoms in total. The number of nitrogens with zero attached hydrogens (tertiary/aromatic N) is 1. The molecule has 1 saturated heterocycles. The van der Waals surface area contributed by atoms with Gasteiger partial charge in [-0.25, -0.2) is 0 Å². The Hall–Kier alpha value is -0.890. The van der Waals surface area contributed by atoms with E-state index in [1.807, 2.05) is 30.3 Å². The van der Waals surface area contributed by atoms with Crippen molar-refractivity contribution >= 4 is 60.5 Å². The molecule has 0 atom stereocenters. The van der Waals surface area contributed by atoms with Gasteiger partial charge in [0.05, 0.1) is 21.9 Å². The summed E-state index contributed by atoms with van der Waals surface area (Å²) in [5.41, 5.74) is 1.95. The van der Waals surface area contributed by atoms with Gasteiger partial charge >= 0.3 is 0 Å². The normalized spacial score (nSPS) is 14.9. The maximum Gasteiger partial charge on any atom is 0.265 e. The first-order valence-electron chi connectivity index (χ1n) is 6.82. The molecule has 0 radical (unpaired) electrons. The Morgan fingerprint density at radius 1 is 1.18 bits per heavy atom. The van der Waals surface area contributed by atoms with Gasteiger partial charge in [0.25, 0.3) is 5.91 Å². The van der Waals surface area contributed by atoms with Crippen LogP contribution in [0.4, 0.5) is 11.4 Å². The Labute approximate surface area is 149 Å². The fourth-order valence-electron chi connectivity index (χ4n) is 2.23. The molecular formula is C15H14Br2N2O2S. The smallest absolute Gasteiger partial charge is 0.265 e. The second-order valence-corrected chi connectivity index (χ2v) is 8.06. The van der Waals surface area contributed by atoms with Crippen LogP contribution in [0.2, 0.25) is 0 Å². The van der Waals surface area contributed by atoms with Crippen molar-refractivity contribution < 1.29 is 9.53 Å². The zero-order valence-corrected chi connectivity index (χ0v) is 15.6. The SMILES string of the molecule is O=C(Nc1ccc(N2CCOCC2)cc1)c1cc(Br)c(Br)s1. The van der Waals surface area contributed by atoms with E-state index < -0.39 is 0 Å². The second kappa shape index (κ2) is 7.12. The summed E-state index contributed by atoms with van der Waals surface area (Å²) in [6.45, 7) is 3.34. The number of halogens is 2. The van der Waals surface area contributed by atoms with Crippen LogP contribution in [-0.4, -0.2) is 32.2 Å². The van der Waals surface area contributed by atoms with E-state index in [-0.39, 0.29) is 5.91 Å². The Morgan fingerprint density at radius 2 is 1.86 bits per heavy atom. The number of amides is 1. The van der Waals surface area contributed by atoms with Crippen LogP contribution >= 0.6 is 43.2 Å². The molecule has 0 spiro atoms. The molecule has 2 heterocycles. The first-order chi connectivity index (χ1) is 10.6. The summed E-state index contributed by atoms with van der Waals surface area (Å²) in [5, 5.41) is 2.92. The summed E-state index contributed by atoms with van der Waals surface area (Å²) in [6.07, 6.45) is 0. The number of carbonyl (C=O) groups excluding carboxylic acids is 1. The number of hydrogen-bond acceptors (Lipinski definition) is 4. The molecule has 1 aliphatic rings. The first-order valence-corrected chi connectivity index (χ1v) is 9.22. The number of carbonyl (C=O) groups is 1. The van der Waals surface area contributed by atoms with Gasteiger partial charge in [-0.05, 0) is 62.2 Å². The van der Waals surface area contributed by atoms with Gasteiger partial charge in [0, 0.05) is 28.9 Å². The van der Waals surface area contributed by atoms with E-state index in [0.717, 1.165) is 45.9 Å². The van der Waals surface area contributed by atoms with Crippen molar-refractivity contribution in [2.24, 2.45) is 0 Å². The third-order valence-electron chi connectivity index (χ3n) is 3.37. The Morgan fingerprint density at radius 3 is 2.45 bits per heavy atom. The van der Waals surface area contributed by atoms with E-state index in [2.05, 4.69) is 42.1 Å². The number of nitrogens with one attached hydrogen (secondary N) is 1. The average molecular weight is 446 g/mol. The first kappa shape index (κ1) is 16.0. The highest BCUT2D eigenvalue weighted by Gasteiger charge is 2.13. The Balaban J connectivity index is 1.66. The number of morpholine rings is 1. The van der Waals surface area contributed by atoms with Crippen LogP contribution in [0, 0.1) is 0 Å². The molecule has 1 aromatic heterocycles. The summed E-state index contributed by atoms with van der Waals surface area (Å²) >= 11 is 8.19. The van der Waals surface area contributed by atoms with Crippen molar-refractivity contribution in [2.75, 3.05) is 36.5 Å². The van der Waals surface area contributed by atoms with Gasteiger partial charge < -0.3 is 15.0 Å². The van der Waals surface area contributed by atoms with Gasteiger partial charge in [-0.2, -0.15) is 0 Å². The van der Waals surface area contributed by atoms with Crippen LogP contribution in [0.5, 0.6) is 0 Å². The maximum absolute atomic E-state index is 12.2. The summed E-state index contributed by atoms with van der Waals surface area (Å²) in [4.78, 5) is 15.1.